The van der Waals surface area contributed by atoms with Gasteiger partial charge in [-0.25, -0.2) is 13.6 Å². The first-order valence-corrected chi connectivity index (χ1v) is 5.91. The number of hydrogen-bond acceptors (Lipinski definition) is 2. The number of nitrogens with zero attached hydrogens (tertiary/aromatic N) is 1. The highest BCUT2D eigenvalue weighted by molar-refractivity contribution is 5.91. The average Bonchev–Trinajstić information content (AvgIpc) is 2.69. The number of halogens is 2. The predicted octanol–water partition coefficient (Wildman–Crippen LogP) is 4.36. The zero-order valence-corrected chi connectivity index (χ0v) is 11.0. The summed E-state index contributed by atoms with van der Waals surface area (Å²) < 4.78 is 32.2. The fraction of sp³-hybridized carbons (Fsp3) is 0.357. The Balaban J connectivity index is 2.47. The molecule has 0 saturated heterocycles. The molecule has 0 fully saturated rings. The molecule has 0 radical (unpaired) electrons. The SMILES string of the molecule is CC(C)(C)OC(=O)n1ccc2c(C(F)F)cccc21. The van der Waals surface area contributed by atoms with Crippen molar-refractivity contribution in [2.45, 2.75) is 32.8 Å². The summed E-state index contributed by atoms with van der Waals surface area (Å²) in [6.07, 6.45) is -1.70. The molecule has 102 valence electrons. The lowest BCUT2D eigenvalue weighted by Crippen LogP contribution is -2.26. The number of fused-ring (bicyclic) bond motifs is 1. The Morgan fingerprint density at radius 2 is 1.95 bits per heavy atom. The molecule has 19 heavy (non-hydrogen) atoms. The van der Waals surface area contributed by atoms with Crippen LogP contribution in [0.2, 0.25) is 0 Å². The van der Waals surface area contributed by atoms with E-state index in [2.05, 4.69) is 0 Å². The van der Waals surface area contributed by atoms with Gasteiger partial charge in [-0.1, -0.05) is 12.1 Å². The van der Waals surface area contributed by atoms with E-state index >= 15 is 0 Å². The summed E-state index contributed by atoms with van der Waals surface area (Å²) >= 11 is 0. The van der Waals surface area contributed by atoms with Gasteiger partial charge in [0, 0.05) is 17.1 Å². The zero-order chi connectivity index (χ0) is 14.2. The summed E-state index contributed by atoms with van der Waals surface area (Å²) in [7, 11) is 0. The molecule has 1 heterocycles. The van der Waals surface area contributed by atoms with Crippen molar-refractivity contribution in [1.29, 1.82) is 0 Å². The van der Waals surface area contributed by atoms with Crippen LogP contribution in [0.3, 0.4) is 0 Å². The molecule has 0 unspecified atom stereocenters. The lowest BCUT2D eigenvalue weighted by Gasteiger charge is -2.19. The van der Waals surface area contributed by atoms with E-state index < -0.39 is 18.1 Å². The third kappa shape index (κ3) is 2.75. The maximum atomic E-state index is 12.9. The number of carbonyl (C=O) groups excluding carboxylic acids is 1. The summed E-state index contributed by atoms with van der Waals surface area (Å²) in [5.41, 5.74) is -0.291. The highest BCUT2D eigenvalue weighted by atomic mass is 19.3. The highest BCUT2D eigenvalue weighted by Gasteiger charge is 2.20. The third-order valence-corrected chi connectivity index (χ3v) is 2.59. The molecule has 3 nitrogen and oxygen atoms in total. The second kappa shape index (κ2) is 4.64. The van der Waals surface area contributed by atoms with E-state index in [-0.39, 0.29) is 5.56 Å². The van der Waals surface area contributed by atoms with E-state index in [0.29, 0.717) is 10.9 Å². The van der Waals surface area contributed by atoms with E-state index in [4.69, 9.17) is 4.74 Å². The lowest BCUT2D eigenvalue weighted by molar-refractivity contribution is 0.0544. The van der Waals surface area contributed by atoms with Crippen molar-refractivity contribution in [2.75, 3.05) is 0 Å². The molecule has 0 aliphatic rings. The van der Waals surface area contributed by atoms with Crippen molar-refractivity contribution < 1.29 is 18.3 Å². The predicted molar refractivity (Wildman–Crippen MR) is 68.5 cm³/mol. The van der Waals surface area contributed by atoms with Crippen molar-refractivity contribution in [2.24, 2.45) is 0 Å². The Morgan fingerprint density at radius 1 is 1.26 bits per heavy atom. The van der Waals surface area contributed by atoms with E-state index in [0.717, 1.165) is 0 Å². The van der Waals surface area contributed by atoms with Crippen molar-refractivity contribution in [1.82, 2.24) is 4.57 Å². The van der Waals surface area contributed by atoms with E-state index in [9.17, 15) is 13.6 Å². The Labute approximate surface area is 109 Å². The molecule has 0 aliphatic carbocycles. The monoisotopic (exact) mass is 267 g/mol. The van der Waals surface area contributed by atoms with Crippen LogP contribution in [0.5, 0.6) is 0 Å². The minimum Gasteiger partial charge on any atom is -0.443 e. The summed E-state index contributed by atoms with van der Waals surface area (Å²) in [6, 6.07) is 5.98. The Morgan fingerprint density at radius 3 is 2.53 bits per heavy atom. The van der Waals surface area contributed by atoms with Gasteiger partial charge in [0.1, 0.15) is 5.60 Å². The zero-order valence-electron chi connectivity index (χ0n) is 11.0. The number of ether oxygens (including phenoxy) is 1. The van der Waals surface area contributed by atoms with Crippen LogP contribution in [-0.4, -0.2) is 16.3 Å². The minimum atomic E-state index is -2.57. The number of rotatable bonds is 1. The molecule has 2 aromatic rings. The summed E-state index contributed by atoms with van der Waals surface area (Å²) in [5, 5.41) is 0.364. The van der Waals surface area contributed by atoms with Gasteiger partial charge in [-0.15, -0.1) is 0 Å². The average molecular weight is 267 g/mol. The number of alkyl halides is 2. The standard InChI is InChI=1S/C14H15F2NO2/c1-14(2,3)19-13(18)17-8-7-9-10(12(15)16)5-4-6-11(9)17/h4-8,12H,1-3H3. The van der Waals surface area contributed by atoms with Crippen LogP contribution in [0, 0.1) is 0 Å². The van der Waals surface area contributed by atoms with Gasteiger partial charge >= 0.3 is 6.09 Å². The highest BCUT2D eigenvalue weighted by Crippen LogP contribution is 2.28. The van der Waals surface area contributed by atoms with Crippen molar-refractivity contribution >= 4 is 17.0 Å². The Bertz CT molecular complexity index is 611. The van der Waals surface area contributed by atoms with Crippen LogP contribution in [0.25, 0.3) is 10.9 Å². The lowest BCUT2D eigenvalue weighted by atomic mass is 10.1. The second-order valence-electron chi connectivity index (χ2n) is 5.25. The Hall–Kier alpha value is -1.91. The molecule has 0 bridgehead atoms. The third-order valence-electron chi connectivity index (χ3n) is 2.59. The normalized spacial score (nSPS) is 12.1. The van der Waals surface area contributed by atoms with Crippen LogP contribution in [0.1, 0.15) is 32.8 Å². The molecule has 2 rings (SSSR count). The number of hydrogen-bond donors (Lipinski definition) is 0. The van der Waals surface area contributed by atoms with Crippen LogP contribution in [-0.2, 0) is 4.74 Å². The summed E-state index contributed by atoms with van der Waals surface area (Å²) in [4.78, 5) is 12.0. The molecule has 0 amide bonds. The number of benzene rings is 1. The fourth-order valence-corrected chi connectivity index (χ4v) is 1.85. The summed E-state index contributed by atoms with van der Waals surface area (Å²) in [6.45, 7) is 5.25. The van der Waals surface area contributed by atoms with Crippen molar-refractivity contribution in [3.05, 3.63) is 36.0 Å². The van der Waals surface area contributed by atoms with Gasteiger partial charge in [-0.05, 0) is 32.9 Å². The quantitative estimate of drug-likeness (QED) is 0.768. The first kappa shape index (κ1) is 13.5. The molecule has 0 spiro atoms. The van der Waals surface area contributed by atoms with Crippen LogP contribution in [0.15, 0.2) is 30.5 Å². The van der Waals surface area contributed by atoms with E-state index in [1.54, 1.807) is 26.8 Å². The Kier molecular flexibility index (Phi) is 3.30. The maximum Gasteiger partial charge on any atom is 0.418 e. The van der Waals surface area contributed by atoms with Gasteiger partial charge in [0.15, 0.2) is 0 Å². The van der Waals surface area contributed by atoms with Crippen LogP contribution >= 0.6 is 0 Å². The van der Waals surface area contributed by atoms with Gasteiger partial charge in [0.05, 0.1) is 5.52 Å². The van der Waals surface area contributed by atoms with Gasteiger partial charge in [0.25, 0.3) is 6.43 Å². The second-order valence-corrected chi connectivity index (χ2v) is 5.25. The first-order chi connectivity index (χ1) is 8.79. The minimum absolute atomic E-state index is 0.0835. The smallest absolute Gasteiger partial charge is 0.418 e. The van der Waals surface area contributed by atoms with Gasteiger partial charge in [0.2, 0.25) is 0 Å². The van der Waals surface area contributed by atoms with Crippen LogP contribution < -0.4 is 0 Å². The topological polar surface area (TPSA) is 31.2 Å². The number of aromatic nitrogens is 1. The number of carbonyl (C=O) groups is 1. The van der Waals surface area contributed by atoms with E-state index in [1.807, 2.05) is 0 Å². The molecule has 0 aliphatic heterocycles. The van der Waals surface area contributed by atoms with Gasteiger partial charge in [-0.3, -0.25) is 4.57 Å². The largest absolute Gasteiger partial charge is 0.443 e. The molecule has 0 atom stereocenters. The van der Waals surface area contributed by atoms with Crippen LogP contribution in [0.4, 0.5) is 13.6 Å². The molecule has 1 aromatic heterocycles. The van der Waals surface area contributed by atoms with Gasteiger partial charge in [-0.2, -0.15) is 0 Å². The fourth-order valence-electron chi connectivity index (χ4n) is 1.85. The maximum absolute atomic E-state index is 12.9. The molecule has 5 heteroatoms. The molecule has 1 aromatic carbocycles. The molecular formula is C14H15F2NO2. The summed E-state index contributed by atoms with van der Waals surface area (Å²) in [5.74, 6) is 0. The van der Waals surface area contributed by atoms with Crippen molar-refractivity contribution in [3.63, 3.8) is 0 Å². The van der Waals surface area contributed by atoms with Gasteiger partial charge < -0.3 is 4.74 Å². The molecule has 0 saturated carbocycles. The molecule has 0 N–H and O–H groups in total. The first-order valence-electron chi connectivity index (χ1n) is 5.91. The molecular weight excluding hydrogens is 252 g/mol. The van der Waals surface area contributed by atoms with E-state index in [1.165, 1.54) is 29.0 Å². The van der Waals surface area contributed by atoms with Crippen molar-refractivity contribution in [3.8, 4) is 0 Å².